The molecule has 0 fully saturated rings. The summed E-state index contributed by atoms with van der Waals surface area (Å²) in [5.74, 6) is -0.219. The van der Waals surface area contributed by atoms with Crippen LogP contribution in [0.2, 0.25) is 0 Å². The molecule has 23 heavy (non-hydrogen) atoms. The van der Waals surface area contributed by atoms with E-state index in [0.717, 1.165) is 27.4 Å². The highest BCUT2D eigenvalue weighted by Crippen LogP contribution is 2.35. The highest BCUT2D eigenvalue weighted by atomic mass is 79.9. The van der Waals surface area contributed by atoms with E-state index in [2.05, 4.69) is 21.2 Å². The van der Waals surface area contributed by atoms with Gasteiger partial charge in [-0.05, 0) is 65.7 Å². The zero-order valence-electron chi connectivity index (χ0n) is 13.0. The molecule has 1 aromatic carbocycles. The second-order valence-corrected chi connectivity index (χ2v) is 6.67. The summed E-state index contributed by atoms with van der Waals surface area (Å²) in [6.07, 6.45) is 5.91. The average molecular weight is 379 g/mol. The molecule has 0 saturated heterocycles. The third-order valence-corrected chi connectivity index (χ3v) is 4.88. The number of hydrogen-bond acceptors (Lipinski definition) is 2. The van der Waals surface area contributed by atoms with Crippen LogP contribution in [0, 0.1) is 0 Å². The molecule has 0 unspecified atom stereocenters. The lowest BCUT2D eigenvalue weighted by Crippen LogP contribution is -2.34. The number of fused-ring (bicyclic) bond motifs is 1. The van der Waals surface area contributed by atoms with Gasteiger partial charge in [0.2, 0.25) is 0 Å². The first kappa shape index (κ1) is 16.4. The van der Waals surface area contributed by atoms with Gasteiger partial charge in [0.25, 0.3) is 0 Å². The Balaban J connectivity index is 2.12. The standard InChI is InChI=1S/C18H20BrFN2O/c1-21-11-16(23)18(13-5-2-6-14(20)10-13)22-9-8-12-4-3-7-15(19)17(12)22/h3-4,6-10,16,18,21,23H,2,5,11H2,1H3/t16-,18+/m1/s1. The summed E-state index contributed by atoms with van der Waals surface area (Å²) in [6, 6.07) is 7.73. The van der Waals surface area contributed by atoms with Crippen molar-refractivity contribution in [3.8, 4) is 0 Å². The Hall–Kier alpha value is -1.43. The summed E-state index contributed by atoms with van der Waals surface area (Å²) < 4.78 is 16.8. The maximum atomic E-state index is 13.7. The van der Waals surface area contributed by atoms with Crippen LogP contribution in [0.5, 0.6) is 0 Å². The Morgan fingerprint density at radius 2 is 2.22 bits per heavy atom. The van der Waals surface area contributed by atoms with Crippen LogP contribution in [0.15, 0.2) is 58.5 Å². The van der Waals surface area contributed by atoms with E-state index < -0.39 is 6.10 Å². The smallest absolute Gasteiger partial charge is 0.119 e. The van der Waals surface area contributed by atoms with Crippen LogP contribution in [-0.2, 0) is 0 Å². The maximum Gasteiger partial charge on any atom is 0.119 e. The van der Waals surface area contributed by atoms with Crippen LogP contribution in [-0.4, -0.2) is 29.4 Å². The second kappa shape index (κ2) is 6.99. The number of allylic oxidation sites excluding steroid dienone is 3. The number of likely N-dealkylation sites (N-methyl/N-ethyl adjacent to an activating group) is 1. The maximum absolute atomic E-state index is 13.7. The largest absolute Gasteiger partial charge is 0.389 e. The minimum atomic E-state index is -0.639. The average Bonchev–Trinajstić information content (AvgIpc) is 2.93. The monoisotopic (exact) mass is 378 g/mol. The molecule has 1 aromatic heterocycles. The number of para-hydroxylation sites is 1. The van der Waals surface area contributed by atoms with Gasteiger partial charge < -0.3 is 15.0 Å². The number of aliphatic hydroxyl groups excluding tert-OH is 1. The molecule has 0 radical (unpaired) electrons. The lowest BCUT2D eigenvalue weighted by molar-refractivity contribution is 0.129. The van der Waals surface area contributed by atoms with Crippen molar-refractivity contribution >= 4 is 26.8 Å². The van der Waals surface area contributed by atoms with Gasteiger partial charge in [0.05, 0.1) is 17.7 Å². The molecule has 0 aliphatic heterocycles. The van der Waals surface area contributed by atoms with E-state index in [0.29, 0.717) is 13.0 Å². The summed E-state index contributed by atoms with van der Waals surface area (Å²) in [5, 5.41) is 14.8. The van der Waals surface area contributed by atoms with Gasteiger partial charge in [-0.2, -0.15) is 0 Å². The van der Waals surface area contributed by atoms with E-state index in [4.69, 9.17) is 0 Å². The van der Waals surface area contributed by atoms with E-state index in [1.54, 1.807) is 19.2 Å². The minimum Gasteiger partial charge on any atom is -0.389 e. The van der Waals surface area contributed by atoms with Gasteiger partial charge in [0, 0.05) is 22.6 Å². The Kier molecular flexibility index (Phi) is 4.99. The van der Waals surface area contributed by atoms with Crippen molar-refractivity contribution < 1.29 is 9.50 Å². The Morgan fingerprint density at radius 1 is 1.39 bits per heavy atom. The number of aromatic nitrogens is 1. The van der Waals surface area contributed by atoms with E-state index in [1.165, 1.54) is 0 Å². The van der Waals surface area contributed by atoms with Crippen molar-refractivity contribution in [2.75, 3.05) is 13.6 Å². The molecule has 1 heterocycles. The molecule has 2 N–H and O–H groups in total. The molecule has 3 rings (SSSR count). The van der Waals surface area contributed by atoms with E-state index >= 15 is 0 Å². The first-order valence-corrected chi connectivity index (χ1v) is 8.55. The molecular formula is C18H20BrFN2O. The van der Waals surface area contributed by atoms with Crippen molar-refractivity contribution in [1.82, 2.24) is 9.88 Å². The zero-order chi connectivity index (χ0) is 16.4. The first-order chi connectivity index (χ1) is 11.1. The molecular weight excluding hydrogens is 359 g/mol. The predicted octanol–water partition coefficient (Wildman–Crippen LogP) is 4.10. The molecule has 0 saturated carbocycles. The lowest BCUT2D eigenvalue weighted by atomic mass is 9.93. The van der Waals surface area contributed by atoms with Gasteiger partial charge in [0.15, 0.2) is 0 Å². The number of nitrogens with zero attached hydrogens (tertiary/aromatic N) is 1. The van der Waals surface area contributed by atoms with Crippen LogP contribution >= 0.6 is 15.9 Å². The van der Waals surface area contributed by atoms with E-state index in [1.807, 2.05) is 35.0 Å². The first-order valence-electron chi connectivity index (χ1n) is 7.75. The zero-order valence-corrected chi connectivity index (χ0v) is 14.6. The van der Waals surface area contributed by atoms with E-state index in [-0.39, 0.29) is 11.9 Å². The van der Waals surface area contributed by atoms with Gasteiger partial charge >= 0.3 is 0 Å². The summed E-state index contributed by atoms with van der Waals surface area (Å²) in [5.41, 5.74) is 1.93. The Bertz CT molecular complexity index is 765. The third-order valence-electron chi connectivity index (χ3n) is 4.24. The summed E-state index contributed by atoms with van der Waals surface area (Å²) in [4.78, 5) is 0. The third kappa shape index (κ3) is 3.27. The fraction of sp³-hybridized carbons (Fsp3) is 0.333. The van der Waals surface area contributed by atoms with Crippen LogP contribution in [0.3, 0.4) is 0 Å². The van der Waals surface area contributed by atoms with Gasteiger partial charge in [-0.15, -0.1) is 0 Å². The molecule has 3 nitrogen and oxygen atoms in total. The van der Waals surface area contributed by atoms with Gasteiger partial charge in [0.1, 0.15) is 5.83 Å². The molecule has 2 aromatic rings. The molecule has 2 atom stereocenters. The number of benzene rings is 1. The summed E-state index contributed by atoms with van der Waals surface area (Å²) >= 11 is 3.60. The number of rotatable bonds is 5. The molecule has 0 spiro atoms. The van der Waals surface area contributed by atoms with Crippen molar-refractivity contribution in [2.24, 2.45) is 0 Å². The van der Waals surface area contributed by atoms with Crippen molar-refractivity contribution in [3.05, 3.63) is 58.5 Å². The number of aliphatic hydroxyl groups is 1. The normalized spacial score (nSPS) is 17.7. The number of nitrogens with one attached hydrogen (secondary N) is 1. The predicted molar refractivity (Wildman–Crippen MR) is 95.1 cm³/mol. The van der Waals surface area contributed by atoms with E-state index in [9.17, 15) is 9.50 Å². The fourth-order valence-electron chi connectivity index (χ4n) is 3.26. The van der Waals surface area contributed by atoms with Crippen LogP contribution < -0.4 is 5.32 Å². The molecule has 1 aliphatic carbocycles. The SMILES string of the molecule is CNC[C@@H](O)[C@H](C1=CC(F)=CCC1)n1ccc2cccc(Br)c21. The van der Waals surface area contributed by atoms with Crippen molar-refractivity contribution in [1.29, 1.82) is 0 Å². The second-order valence-electron chi connectivity index (χ2n) is 5.82. The molecule has 0 amide bonds. The molecule has 0 bridgehead atoms. The van der Waals surface area contributed by atoms with Gasteiger partial charge in [-0.25, -0.2) is 4.39 Å². The Morgan fingerprint density at radius 3 is 2.96 bits per heavy atom. The quantitative estimate of drug-likeness (QED) is 0.821. The number of hydrogen-bond donors (Lipinski definition) is 2. The molecule has 5 heteroatoms. The summed E-state index contributed by atoms with van der Waals surface area (Å²) in [6.45, 7) is 0.442. The van der Waals surface area contributed by atoms with Crippen molar-refractivity contribution in [3.63, 3.8) is 0 Å². The van der Waals surface area contributed by atoms with Crippen LogP contribution in [0.1, 0.15) is 18.9 Å². The van der Waals surface area contributed by atoms with Crippen LogP contribution in [0.4, 0.5) is 4.39 Å². The van der Waals surface area contributed by atoms with Crippen molar-refractivity contribution in [2.45, 2.75) is 25.0 Å². The van der Waals surface area contributed by atoms with Gasteiger partial charge in [-0.1, -0.05) is 12.1 Å². The van der Waals surface area contributed by atoms with Gasteiger partial charge in [-0.3, -0.25) is 0 Å². The minimum absolute atomic E-state index is 0.219. The highest BCUT2D eigenvalue weighted by molar-refractivity contribution is 9.10. The molecule has 122 valence electrons. The summed E-state index contributed by atoms with van der Waals surface area (Å²) in [7, 11) is 1.81. The number of halogens is 2. The lowest BCUT2D eigenvalue weighted by Gasteiger charge is -2.29. The topological polar surface area (TPSA) is 37.2 Å². The van der Waals surface area contributed by atoms with Crippen LogP contribution in [0.25, 0.3) is 10.9 Å². The Labute approximate surface area is 143 Å². The highest BCUT2D eigenvalue weighted by Gasteiger charge is 2.27. The fourth-order valence-corrected chi connectivity index (χ4v) is 3.84. The molecule has 1 aliphatic rings.